The molecule has 0 spiro atoms. The zero-order valence-electron chi connectivity index (χ0n) is 17.5. The van der Waals surface area contributed by atoms with E-state index in [9.17, 15) is 18.0 Å². The van der Waals surface area contributed by atoms with Gasteiger partial charge in [0, 0.05) is 32.6 Å². The molecule has 1 atom stereocenters. The standard InChI is InChI=1S/C22H28N2O4S/c1-6-24(17(3)21(25)15-18-9-7-16(2)8-10-18)22(26)19-11-13-20(14-12-19)29(27,28)23(4)5/h7-14,17H,6,15H2,1-5H3. The Morgan fingerprint density at radius 3 is 2.00 bits per heavy atom. The van der Waals surface area contributed by atoms with Crippen molar-refractivity contribution in [2.24, 2.45) is 0 Å². The third-order valence-electron chi connectivity index (χ3n) is 4.91. The number of Topliss-reactive ketones (excluding diaryl/α,β-unsaturated/α-hetero) is 1. The lowest BCUT2D eigenvalue weighted by Crippen LogP contribution is -2.43. The van der Waals surface area contributed by atoms with Crippen LogP contribution in [0.3, 0.4) is 0 Å². The van der Waals surface area contributed by atoms with Gasteiger partial charge in [-0.15, -0.1) is 0 Å². The van der Waals surface area contributed by atoms with E-state index >= 15 is 0 Å². The fourth-order valence-corrected chi connectivity index (χ4v) is 3.87. The molecule has 2 aromatic carbocycles. The molecule has 0 aliphatic heterocycles. The van der Waals surface area contributed by atoms with Crippen molar-refractivity contribution in [1.29, 1.82) is 0 Å². The van der Waals surface area contributed by atoms with E-state index in [1.165, 1.54) is 43.3 Å². The Bertz CT molecular complexity index is 965. The summed E-state index contributed by atoms with van der Waals surface area (Å²) in [6.45, 7) is 5.90. The third-order valence-corrected chi connectivity index (χ3v) is 6.74. The van der Waals surface area contributed by atoms with Crippen LogP contribution < -0.4 is 0 Å². The summed E-state index contributed by atoms with van der Waals surface area (Å²) in [5, 5.41) is 0. The molecule has 156 valence electrons. The molecule has 1 unspecified atom stereocenters. The number of benzene rings is 2. The van der Waals surface area contributed by atoms with Gasteiger partial charge in [0.15, 0.2) is 5.78 Å². The molecule has 0 radical (unpaired) electrons. The maximum Gasteiger partial charge on any atom is 0.254 e. The number of hydrogen-bond donors (Lipinski definition) is 0. The van der Waals surface area contributed by atoms with Crippen LogP contribution in [0.5, 0.6) is 0 Å². The second kappa shape index (κ2) is 9.33. The lowest BCUT2D eigenvalue weighted by molar-refractivity contribution is -0.122. The summed E-state index contributed by atoms with van der Waals surface area (Å²) < 4.78 is 25.5. The van der Waals surface area contributed by atoms with E-state index in [2.05, 4.69) is 0 Å². The second-order valence-electron chi connectivity index (χ2n) is 7.21. The van der Waals surface area contributed by atoms with Gasteiger partial charge in [0.1, 0.15) is 0 Å². The van der Waals surface area contributed by atoms with E-state index in [4.69, 9.17) is 0 Å². The van der Waals surface area contributed by atoms with Gasteiger partial charge in [-0.25, -0.2) is 12.7 Å². The highest BCUT2D eigenvalue weighted by atomic mass is 32.2. The van der Waals surface area contributed by atoms with Gasteiger partial charge in [-0.05, 0) is 50.6 Å². The maximum atomic E-state index is 12.9. The summed E-state index contributed by atoms with van der Waals surface area (Å²) in [7, 11) is -0.652. The first-order valence-corrected chi connectivity index (χ1v) is 10.9. The minimum atomic E-state index is -3.56. The number of rotatable bonds is 8. The Hall–Kier alpha value is -2.51. The smallest absolute Gasteiger partial charge is 0.254 e. The summed E-state index contributed by atoms with van der Waals surface area (Å²) in [6, 6.07) is 13.0. The van der Waals surface area contributed by atoms with Gasteiger partial charge < -0.3 is 4.90 Å². The van der Waals surface area contributed by atoms with Gasteiger partial charge in [-0.1, -0.05) is 29.8 Å². The van der Waals surface area contributed by atoms with Crippen molar-refractivity contribution in [2.45, 2.75) is 38.1 Å². The highest BCUT2D eigenvalue weighted by Crippen LogP contribution is 2.17. The highest BCUT2D eigenvalue weighted by Gasteiger charge is 2.26. The number of nitrogens with zero attached hydrogens (tertiary/aromatic N) is 2. The fourth-order valence-electron chi connectivity index (χ4n) is 2.97. The van der Waals surface area contributed by atoms with Gasteiger partial charge in [-0.2, -0.15) is 0 Å². The van der Waals surface area contributed by atoms with Crippen molar-refractivity contribution in [2.75, 3.05) is 20.6 Å². The molecule has 0 aliphatic carbocycles. The highest BCUT2D eigenvalue weighted by molar-refractivity contribution is 7.89. The van der Waals surface area contributed by atoms with Crippen LogP contribution in [-0.4, -0.2) is 56.0 Å². The first-order chi connectivity index (χ1) is 13.6. The normalized spacial score (nSPS) is 12.6. The van der Waals surface area contributed by atoms with E-state index in [1.54, 1.807) is 6.92 Å². The molecule has 0 bridgehead atoms. The zero-order valence-corrected chi connectivity index (χ0v) is 18.4. The number of ketones is 1. The molecule has 29 heavy (non-hydrogen) atoms. The van der Waals surface area contributed by atoms with Crippen LogP contribution in [0.1, 0.15) is 35.3 Å². The first kappa shape index (κ1) is 22.8. The summed E-state index contributed by atoms with van der Waals surface area (Å²) in [5.74, 6) is -0.345. The van der Waals surface area contributed by atoms with Crippen LogP contribution in [0, 0.1) is 6.92 Å². The molecule has 1 amide bonds. The van der Waals surface area contributed by atoms with E-state index in [0.29, 0.717) is 12.1 Å². The Morgan fingerprint density at radius 2 is 1.52 bits per heavy atom. The Balaban J connectivity index is 2.16. The SMILES string of the molecule is CCN(C(=O)c1ccc(S(=O)(=O)N(C)C)cc1)C(C)C(=O)Cc1ccc(C)cc1. The van der Waals surface area contributed by atoms with Crippen molar-refractivity contribution < 1.29 is 18.0 Å². The molecule has 0 aromatic heterocycles. The third kappa shape index (κ3) is 5.31. The van der Waals surface area contributed by atoms with Crippen LogP contribution in [0.4, 0.5) is 0 Å². The van der Waals surface area contributed by atoms with Crippen LogP contribution in [0.2, 0.25) is 0 Å². The minimum Gasteiger partial charge on any atom is -0.329 e. The fraction of sp³-hybridized carbons (Fsp3) is 0.364. The molecule has 0 fully saturated rings. The molecule has 2 aromatic rings. The lowest BCUT2D eigenvalue weighted by Gasteiger charge is -2.27. The number of carbonyl (C=O) groups excluding carboxylic acids is 2. The number of sulfonamides is 1. The topological polar surface area (TPSA) is 74.8 Å². The van der Waals surface area contributed by atoms with E-state index in [1.807, 2.05) is 38.1 Å². The van der Waals surface area contributed by atoms with E-state index in [-0.39, 0.29) is 23.0 Å². The van der Waals surface area contributed by atoms with Crippen molar-refractivity contribution in [1.82, 2.24) is 9.21 Å². The number of carbonyl (C=O) groups is 2. The number of aryl methyl sites for hydroxylation is 1. The van der Waals surface area contributed by atoms with Crippen molar-refractivity contribution in [3.63, 3.8) is 0 Å². The first-order valence-electron chi connectivity index (χ1n) is 9.49. The summed E-state index contributed by atoms with van der Waals surface area (Å²) in [5.41, 5.74) is 2.38. The monoisotopic (exact) mass is 416 g/mol. The summed E-state index contributed by atoms with van der Waals surface area (Å²) in [6.07, 6.45) is 0.255. The van der Waals surface area contributed by atoms with Crippen LogP contribution in [-0.2, 0) is 21.2 Å². The lowest BCUT2D eigenvalue weighted by atomic mass is 10.0. The van der Waals surface area contributed by atoms with Crippen LogP contribution in [0.25, 0.3) is 0 Å². The summed E-state index contributed by atoms with van der Waals surface area (Å²) in [4.78, 5) is 27.3. The quantitative estimate of drug-likeness (QED) is 0.663. The number of amides is 1. The molecular formula is C22H28N2O4S. The maximum absolute atomic E-state index is 12.9. The predicted molar refractivity (Wildman–Crippen MR) is 113 cm³/mol. The molecule has 0 saturated carbocycles. The van der Waals surface area contributed by atoms with Gasteiger partial charge in [0.05, 0.1) is 10.9 Å². The van der Waals surface area contributed by atoms with Crippen molar-refractivity contribution >= 4 is 21.7 Å². The Kier molecular flexibility index (Phi) is 7.32. The second-order valence-corrected chi connectivity index (χ2v) is 9.36. The summed E-state index contributed by atoms with van der Waals surface area (Å²) >= 11 is 0. The molecule has 2 rings (SSSR count). The molecule has 0 heterocycles. The predicted octanol–water partition coefficient (Wildman–Crippen LogP) is 2.91. The molecule has 7 heteroatoms. The van der Waals surface area contributed by atoms with E-state index < -0.39 is 16.1 Å². The molecule has 0 aliphatic rings. The zero-order chi connectivity index (χ0) is 21.8. The van der Waals surface area contributed by atoms with Gasteiger partial charge in [0.25, 0.3) is 5.91 Å². The van der Waals surface area contributed by atoms with Crippen molar-refractivity contribution in [3.8, 4) is 0 Å². The van der Waals surface area contributed by atoms with Gasteiger partial charge in [-0.3, -0.25) is 9.59 Å². The van der Waals surface area contributed by atoms with E-state index in [0.717, 1.165) is 15.4 Å². The number of hydrogen-bond acceptors (Lipinski definition) is 4. The molecule has 0 N–H and O–H groups in total. The largest absolute Gasteiger partial charge is 0.329 e. The van der Waals surface area contributed by atoms with Crippen LogP contribution in [0.15, 0.2) is 53.4 Å². The molecular weight excluding hydrogens is 388 g/mol. The van der Waals surface area contributed by atoms with Gasteiger partial charge in [0.2, 0.25) is 10.0 Å². The minimum absolute atomic E-state index is 0.0455. The molecule has 0 saturated heterocycles. The average molecular weight is 417 g/mol. The number of likely N-dealkylation sites (N-methyl/N-ethyl adjacent to an activating group) is 1. The average Bonchev–Trinajstić information content (AvgIpc) is 2.70. The molecule has 6 nitrogen and oxygen atoms in total. The Labute approximate surface area is 173 Å². The van der Waals surface area contributed by atoms with Gasteiger partial charge >= 0.3 is 0 Å². The van der Waals surface area contributed by atoms with Crippen LogP contribution >= 0.6 is 0 Å². The van der Waals surface area contributed by atoms with Crippen molar-refractivity contribution in [3.05, 3.63) is 65.2 Å². The Morgan fingerprint density at radius 1 is 0.966 bits per heavy atom.